The van der Waals surface area contributed by atoms with E-state index in [0.717, 1.165) is 38.0 Å². The van der Waals surface area contributed by atoms with Crippen LogP contribution in [0.15, 0.2) is 54.6 Å². The summed E-state index contributed by atoms with van der Waals surface area (Å²) in [5.74, 6) is -0.158. The number of hydrogen-bond acceptors (Lipinski definition) is 3. The molecule has 0 bridgehead atoms. The number of nitrogens with one attached hydrogen (secondary N) is 2. The van der Waals surface area contributed by atoms with Crippen LogP contribution in [0.4, 0.5) is 0 Å². The summed E-state index contributed by atoms with van der Waals surface area (Å²) < 4.78 is 0. The zero-order chi connectivity index (χ0) is 20.2. The van der Waals surface area contributed by atoms with Crippen LogP contribution in [0.25, 0.3) is 0 Å². The van der Waals surface area contributed by atoms with Crippen LogP contribution in [-0.2, 0) is 6.54 Å². The SMILES string of the molecule is CCN(CC)CCCCNC(=O)c1ccc(CNC(=O)c2ccccc2)cc1. The zero-order valence-corrected chi connectivity index (χ0v) is 16.9. The summed E-state index contributed by atoms with van der Waals surface area (Å²) in [6.07, 6.45) is 2.06. The maximum Gasteiger partial charge on any atom is 0.251 e. The average molecular weight is 382 g/mol. The average Bonchev–Trinajstić information content (AvgIpc) is 2.75. The molecule has 0 radical (unpaired) electrons. The van der Waals surface area contributed by atoms with Crippen LogP contribution in [-0.4, -0.2) is 42.9 Å². The molecule has 0 saturated heterocycles. The third-order valence-corrected chi connectivity index (χ3v) is 4.79. The standard InChI is InChI=1S/C23H31N3O2/c1-3-26(4-2)17-9-8-16-24-22(27)21-14-12-19(13-15-21)18-25-23(28)20-10-6-5-7-11-20/h5-7,10-15H,3-4,8-9,16-18H2,1-2H3,(H,24,27)(H,25,28). The van der Waals surface area contributed by atoms with Gasteiger partial charge in [-0.2, -0.15) is 0 Å². The van der Waals surface area contributed by atoms with Crippen molar-refractivity contribution in [1.29, 1.82) is 0 Å². The van der Waals surface area contributed by atoms with Crippen molar-refractivity contribution < 1.29 is 9.59 Å². The van der Waals surface area contributed by atoms with Gasteiger partial charge in [0, 0.05) is 24.2 Å². The summed E-state index contributed by atoms with van der Waals surface area (Å²) in [5, 5.41) is 5.86. The van der Waals surface area contributed by atoms with Crippen molar-refractivity contribution in [2.24, 2.45) is 0 Å². The molecule has 5 heteroatoms. The van der Waals surface area contributed by atoms with Gasteiger partial charge in [0.2, 0.25) is 0 Å². The van der Waals surface area contributed by atoms with E-state index in [0.29, 0.717) is 24.2 Å². The third-order valence-electron chi connectivity index (χ3n) is 4.79. The number of unbranched alkanes of at least 4 members (excludes halogenated alkanes) is 1. The van der Waals surface area contributed by atoms with Crippen molar-refractivity contribution >= 4 is 11.8 Å². The lowest BCUT2D eigenvalue weighted by Gasteiger charge is -2.17. The van der Waals surface area contributed by atoms with Crippen LogP contribution < -0.4 is 10.6 Å². The molecule has 2 aromatic rings. The number of nitrogens with zero attached hydrogens (tertiary/aromatic N) is 1. The van der Waals surface area contributed by atoms with Crippen LogP contribution in [0.1, 0.15) is 53.0 Å². The molecule has 0 heterocycles. The monoisotopic (exact) mass is 381 g/mol. The molecular formula is C23H31N3O2. The second-order valence-electron chi connectivity index (χ2n) is 6.74. The van der Waals surface area contributed by atoms with Crippen LogP contribution in [0, 0.1) is 0 Å². The maximum absolute atomic E-state index is 12.2. The molecule has 0 aliphatic carbocycles. The van der Waals surface area contributed by atoms with E-state index in [1.165, 1.54) is 0 Å². The number of carbonyl (C=O) groups excluding carboxylic acids is 2. The predicted molar refractivity (Wildman–Crippen MR) is 113 cm³/mol. The lowest BCUT2D eigenvalue weighted by Crippen LogP contribution is -2.27. The zero-order valence-electron chi connectivity index (χ0n) is 16.9. The fourth-order valence-corrected chi connectivity index (χ4v) is 2.95. The van der Waals surface area contributed by atoms with E-state index in [1.54, 1.807) is 24.3 Å². The normalized spacial score (nSPS) is 10.7. The molecular weight excluding hydrogens is 350 g/mol. The molecule has 2 rings (SSSR count). The van der Waals surface area contributed by atoms with Gasteiger partial charge in [-0.15, -0.1) is 0 Å². The van der Waals surface area contributed by atoms with E-state index in [1.807, 2.05) is 30.3 Å². The number of amides is 2. The second kappa shape index (κ2) is 11.9. The molecule has 2 aromatic carbocycles. The van der Waals surface area contributed by atoms with Crippen LogP contribution in [0.5, 0.6) is 0 Å². The second-order valence-corrected chi connectivity index (χ2v) is 6.74. The largest absolute Gasteiger partial charge is 0.352 e. The smallest absolute Gasteiger partial charge is 0.251 e. The Bertz CT molecular complexity index is 725. The number of rotatable bonds is 11. The Hall–Kier alpha value is -2.66. The molecule has 2 N–H and O–H groups in total. The van der Waals surface area contributed by atoms with Crippen LogP contribution in [0.2, 0.25) is 0 Å². The Morgan fingerprint density at radius 2 is 1.39 bits per heavy atom. The molecule has 0 spiro atoms. The van der Waals surface area contributed by atoms with Gasteiger partial charge in [-0.3, -0.25) is 9.59 Å². The minimum atomic E-state index is -0.105. The minimum absolute atomic E-state index is 0.0530. The van der Waals surface area contributed by atoms with Gasteiger partial charge >= 0.3 is 0 Å². The van der Waals surface area contributed by atoms with E-state index in [9.17, 15) is 9.59 Å². The Morgan fingerprint density at radius 3 is 2.04 bits per heavy atom. The highest BCUT2D eigenvalue weighted by Crippen LogP contribution is 2.06. The Balaban J connectivity index is 1.71. The minimum Gasteiger partial charge on any atom is -0.352 e. The lowest BCUT2D eigenvalue weighted by molar-refractivity contribution is 0.0942. The molecule has 150 valence electrons. The molecule has 5 nitrogen and oxygen atoms in total. The van der Waals surface area contributed by atoms with Gasteiger partial charge < -0.3 is 15.5 Å². The van der Waals surface area contributed by atoms with Crippen molar-refractivity contribution in [3.05, 3.63) is 71.3 Å². The van der Waals surface area contributed by atoms with E-state index in [-0.39, 0.29) is 11.8 Å². The fourth-order valence-electron chi connectivity index (χ4n) is 2.95. The van der Waals surface area contributed by atoms with Gasteiger partial charge in [-0.1, -0.05) is 44.2 Å². The maximum atomic E-state index is 12.2. The van der Waals surface area contributed by atoms with E-state index in [2.05, 4.69) is 29.4 Å². The molecule has 0 atom stereocenters. The Labute approximate surface area is 168 Å². The highest BCUT2D eigenvalue weighted by molar-refractivity contribution is 5.94. The summed E-state index contributed by atoms with van der Waals surface area (Å²) in [4.78, 5) is 26.7. The Morgan fingerprint density at radius 1 is 0.786 bits per heavy atom. The van der Waals surface area contributed by atoms with Crippen molar-refractivity contribution in [2.75, 3.05) is 26.2 Å². The van der Waals surface area contributed by atoms with Crippen LogP contribution >= 0.6 is 0 Å². The molecule has 0 fully saturated rings. The summed E-state index contributed by atoms with van der Waals surface area (Å²) in [7, 11) is 0. The predicted octanol–water partition coefficient (Wildman–Crippen LogP) is 3.47. The first-order valence-electron chi connectivity index (χ1n) is 10.1. The van der Waals surface area contributed by atoms with Gasteiger partial charge in [0.1, 0.15) is 0 Å². The van der Waals surface area contributed by atoms with E-state index >= 15 is 0 Å². The first-order valence-corrected chi connectivity index (χ1v) is 10.1. The van der Waals surface area contributed by atoms with Crippen molar-refractivity contribution in [3.63, 3.8) is 0 Å². The van der Waals surface area contributed by atoms with E-state index < -0.39 is 0 Å². The summed E-state index contributed by atoms with van der Waals surface area (Å²) >= 11 is 0. The summed E-state index contributed by atoms with van der Waals surface area (Å²) in [5.41, 5.74) is 2.24. The van der Waals surface area contributed by atoms with E-state index in [4.69, 9.17) is 0 Å². The van der Waals surface area contributed by atoms with Gasteiger partial charge in [0.05, 0.1) is 0 Å². The number of hydrogen-bond donors (Lipinski definition) is 2. The fraction of sp³-hybridized carbons (Fsp3) is 0.391. The first-order chi connectivity index (χ1) is 13.6. The third kappa shape index (κ3) is 7.16. The molecule has 0 saturated carbocycles. The van der Waals surface area contributed by atoms with Gasteiger partial charge in [-0.25, -0.2) is 0 Å². The quantitative estimate of drug-likeness (QED) is 0.586. The van der Waals surface area contributed by atoms with Gasteiger partial charge in [-0.05, 0) is 62.3 Å². The molecule has 0 aromatic heterocycles. The first kappa shape index (κ1) is 21.6. The summed E-state index contributed by atoms with van der Waals surface area (Å²) in [6.45, 7) is 8.67. The van der Waals surface area contributed by atoms with Crippen molar-refractivity contribution in [1.82, 2.24) is 15.5 Å². The highest BCUT2D eigenvalue weighted by Gasteiger charge is 2.07. The Kier molecular flexibility index (Phi) is 9.22. The molecule has 28 heavy (non-hydrogen) atoms. The van der Waals surface area contributed by atoms with Crippen molar-refractivity contribution in [3.8, 4) is 0 Å². The molecule has 0 aliphatic rings. The molecule has 0 unspecified atom stereocenters. The molecule has 2 amide bonds. The van der Waals surface area contributed by atoms with Gasteiger partial charge in [0.15, 0.2) is 0 Å². The van der Waals surface area contributed by atoms with Gasteiger partial charge in [0.25, 0.3) is 11.8 Å². The molecule has 0 aliphatic heterocycles. The summed E-state index contributed by atoms with van der Waals surface area (Å²) in [6, 6.07) is 16.5. The lowest BCUT2D eigenvalue weighted by atomic mass is 10.1. The van der Waals surface area contributed by atoms with Crippen molar-refractivity contribution in [2.45, 2.75) is 33.2 Å². The highest BCUT2D eigenvalue weighted by atomic mass is 16.2. The number of carbonyl (C=O) groups is 2. The van der Waals surface area contributed by atoms with Crippen LogP contribution in [0.3, 0.4) is 0 Å². The topological polar surface area (TPSA) is 61.4 Å². The number of benzene rings is 2.